The number of primary amides is 1. The van der Waals surface area contributed by atoms with Crippen LogP contribution in [0, 0.1) is 11.8 Å². The maximum atomic E-state index is 11.8. The molecule has 0 aliphatic heterocycles. The number of hydrogen-bond donors (Lipinski definition) is 3. The van der Waals surface area contributed by atoms with Crippen LogP contribution >= 0.6 is 0 Å². The molecule has 1 rings (SSSR count). The number of amides is 2. The lowest BCUT2D eigenvalue weighted by Crippen LogP contribution is -2.42. The number of aromatic nitrogens is 1. The third kappa shape index (κ3) is 3.88. The third-order valence-electron chi connectivity index (χ3n) is 2.11. The third-order valence-corrected chi connectivity index (χ3v) is 2.11. The summed E-state index contributed by atoms with van der Waals surface area (Å²) in [5.41, 5.74) is 11.2. The minimum atomic E-state index is -0.740. The van der Waals surface area contributed by atoms with E-state index in [1.54, 1.807) is 6.07 Å². The second-order valence-electron chi connectivity index (χ2n) is 3.57. The Morgan fingerprint density at radius 1 is 1.50 bits per heavy atom. The van der Waals surface area contributed by atoms with E-state index in [-0.39, 0.29) is 6.54 Å². The first-order valence-electron chi connectivity index (χ1n) is 5.28. The molecule has 6 nitrogen and oxygen atoms in total. The van der Waals surface area contributed by atoms with Gasteiger partial charge in [0.1, 0.15) is 6.04 Å². The zero-order valence-electron chi connectivity index (χ0n) is 9.93. The van der Waals surface area contributed by atoms with Gasteiger partial charge in [0.05, 0.1) is 12.1 Å². The predicted molar refractivity (Wildman–Crippen MR) is 66.3 cm³/mol. The van der Waals surface area contributed by atoms with Gasteiger partial charge in [0.15, 0.2) is 0 Å². The fourth-order valence-electron chi connectivity index (χ4n) is 1.14. The molecule has 0 fully saturated rings. The Bertz CT molecular complexity index is 516. The largest absolute Gasteiger partial charge is 0.368 e. The second kappa shape index (κ2) is 6.37. The lowest BCUT2D eigenvalue weighted by atomic mass is 10.2. The van der Waals surface area contributed by atoms with Gasteiger partial charge < -0.3 is 16.8 Å². The molecule has 1 aromatic rings. The normalized spacial score (nSPS) is 11.0. The maximum absolute atomic E-state index is 11.8. The lowest BCUT2D eigenvalue weighted by molar-refractivity contribution is -0.119. The Labute approximate surface area is 105 Å². The minimum Gasteiger partial charge on any atom is -0.368 e. The van der Waals surface area contributed by atoms with Crippen molar-refractivity contribution >= 4 is 11.8 Å². The van der Waals surface area contributed by atoms with Crippen LogP contribution in [0.3, 0.4) is 0 Å². The summed E-state index contributed by atoms with van der Waals surface area (Å²) >= 11 is 0. The number of nitrogens with two attached hydrogens (primary N) is 2. The molecule has 0 saturated carbocycles. The van der Waals surface area contributed by atoms with Gasteiger partial charge in [-0.05, 0) is 13.0 Å². The fourth-order valence-corrected chi connectivity index (χ4v) is 1.14. The molecule has 18 heavy (non-hydrogen) atoms. The van der Waals surface area contributed by atoms with Crippen molar-refractivity contribution in [2.24, 2.45) is 11.5 Å². The van der Waals surface area contributed by atoms with E-state index in [1.807, 2.05) is 0 Å². The molecule has 94 valence electrons. The summed E-state index contributed by atoms with van der Waals surface area (Å²) in [5.74, 6) is 4.40. The van der Waals surface area contributed by atoms with Crippen LogP contribution in [0.5, 0.6) is 0 Å². The Morgan fingerprint density at radius 2 is 2.22 bits per heavy atom. The summed E-state index contributed by atoms with van der Waals surface area (Å²) in [5, 5.41) is 2.45. The van der Waals surface area contributed by atoms with Crippen LogP contribution < -0.4 is 16.8 Å². The minimum absolute atomic E-state index is 0.231. The van der Waals surface area contributed by atoms with Crippen LogP contribution in [-0.2, 0) is 4.79 Å². The molecule has 1 unspecified atom stereocenters. The average Bonchev–Trinajstić information content (AvgIpc) is 2.36. The molecule has 0 aliphatic carbocycles. The zero-order valence-corrected chi connectivity index (χ0v) is 9.93. The van der Waals surface area contributed by atoms with E-state index >= 15 is 0 Å². The number of pyridine rings is 1. The van der Waals surface area contributed by atoms with E-state index in [4.69, 9.17) is 11.5 Å². The monoisotopic (exact) mass is 246 g/mol. The van der Waals surface area contributed by atoms with E-state index in [2.05, 4.69) is 22.1 Å². The summed E-state index contributed by atoms with van der Waals surface area (Å²) in [6, 6.07) is 0.829. The van der Waals surface area contributed by atoms with Crippen LogP contribution in [-0.4, -0.2) is 29.4 Å². The smallest absolute Gasteiger partial charge is 0.253 e. The number of carbonyl (C=O) groups is 2. The summed E-state index contributed by atoms with van der Waals surface area (Å²) in [4.78, 5) is 26.5. The van der Waals surface area contributed by atoms with E-state index in [9.17, 15) is 9.59 Å². The van der Waals surface area contributed by atoms with Crippen molar-refractivity contribution in [2.75, 3.05) is 6.54 Å². The van der Waals surface area contributed by atoms with Gasteiger partial charge in [-0.3, -0.25) is 14.6 Å². The SMILES string of the molecule is CC(NC(=O)c1cncc(C#CCN)c1)C(N)=O. The van der Waals surface area contributed by atoms with Crippen LogP contribution in [0.2, 0.25) is 0 Å². The van der Waals surface area contributed by atoms with Gasteiger partial charge in [-0.1, -0.05) is 11.8 Å². The highest BCUT2D eigenvalue weighted by atomic mass is 16.2. The molecule has 5 N–H and O–H groups in total. The first kappa shape index (κ1) is 13.7. The number of rotatable bonds is 3. The van der Waals surface area contributed by atoms with Gasteiger partial charge in [0.25, 0.3) is 5.91 Å². The molecule has 0 saturated heterocycles. The number of carbonyl (C=O) groups excluding carboxylic acids is 2. The van der Waals surface area contributed by atoms with E-state index in [1.165, 1.54) is 19.3 Å². The van der Waals surface area contributed by atoms with Gasteiger partial charge in [-0.2, -0.15) is 0 Å². The topological polar surface area (TPSA) is 111 Å². The van der Waals surface area contributed by atoms with Crippen LogP contribution in [0.4, 0.5) is 0 Å². The highest BCUT2D eigenvalue weighted by molar-refractivity contribution is 5.97. The highest BCUT2D eigenvalue weighted by Crippen LogP contribution is 2.02. The standard InChI is InChI=1S/C12H14N4O2/c1-8(11(14)17)16-12(18)10-5-9(3-2-4-13)6-15-7-10/h5-8H,4,13H2,1H3,(H2,14,17)(H,16,18). The van der Waals surface area contributed by atoms with Crippen molar-refractivity contribution in [3.63, 3.8) is 0 Å². The average molecular weight is 246 g/mol. The zero-order chi connectivity index (χ0) is 13.5. The molecule has 1 heterocycles. The molecule has 0 bridgehead atoms. The van der Waals surface area contributed by atoms with Gasteiger partial charge in [0, 0.05) is 18.0 Å². The molecule has 0 spiro atoms. The van der Waals surface area contributed by atoms with Gasteiger partial charge in [0.2, 0.25) is 5.91 Å². The number of hydrogen-bond acceptors (Lipinski definition) is 4. The molecule has 1 atom stereocenters. The van der Waals surface area contributed by atoms with Crippen LogP contribution in [0.15, 0.2) is 18.5 Å². The Morgan fingerprint density at radius 3 is 2.83 bits per heavy atom. The fraction of sp³-hybridized carbons (Fsp3) is 0.250. The van der Waals surface area contributed by atoms with E-state index in [0.717, 1.165) is 0 Å². The van der Waals surface area contributed by atoms with Crippen molar-refractivity contribution in [2.45, 2.75) is 13.0 Å². The number of nitrogens with one attached hydrogen (secondary N) is 1. The molecule has 2 amide bonds. The molecule has 0 aliphatic rings. The Hall–Kier alpha value is -2.39. The van der Waals surface area contributed by atoms with Gasteiger partial charge in [-0.15, -0.1) is 0 Å². The molecule has 0 aromatic carbocycles. The molecule has 6 heteroatoms. The van der Waals surface area contributed by atoms with Crippen molar-refractivity contribution in [3.8, 4) is 11.8 Å². The summed E-state index contributed by atoms with van der Waals surface area (Å²) in [6.07, 6.45) is 2.91. The van der Waals surface area contributed by atoms with Crippen molar-refractivity contribution in [3.05, 3.63) is 29.6 Å². The Kier molecular flexibility index (Phi) is 4.84. The summed E-state index contributed by atoms with van der Waals surface area (Å²) < 4.78 is 0. The molecular formula is C12H14N4O2. The lowest BCUT2D eigenvalue weighted by Gasteiger charge is -2.09. The molecular weight excluding hydrogens is 232 g/mol. The maximum Gasteiger partial charge on any atom is 0.253 e. The first-order chi connectivity index (χ1) is 8.54. The van der Waals surface area contributed by atoms with Crippen molar-refractivity contribution in [1.82, 2.24) is 10.3 Å². The molecule has 1 aromatic heterocycles. The number of nitrogens with zero attached hydrogens (tertiary/aromatic N) is 1. The van der Waals surface area contributed by atoms with Gasteiger partial charge >= 0.3 is 0 Å². The van der Waals surface area contributed by atoms with E-state index < -0.39 is 17.9 Å². The van der Waals surface area contributed by atoms with Crippen molar-refractivity contribution < 1.29 is 9.59 Å². The molecule has 0 radical (unpaired) electrons. The quantitative estimate of drug-likeness (QED) is 0.594. The van der Waals surface area contributed by atoms with Gasteiger partial charge in [-0.25, -0.2) is 0 Å². The van der Waals surface area contributed by atoms with Crippen molar-refractivity contribution in [1.29, 1.82) is 0 Å². The van der Waals surface area contributed by atoms with Crippen LogP contribution in [0.25, 0.3) is 0 Å². The van der Waals surface area contributed by atoms with Crippen LogP contribution in [0.1, 0.15) is 22.8 Å². The predicted octanol–water partition coefficient (Wildman–Crippen LogP) is -1.00. The highest BCUT2D eigenvalue weighted by Gasteiger charge is 2.13. The second-order valence-corrected chi connectivity index (χ2v) is 3.57. The summed E-state index contributed by atoms with van der Waals surface area (Å²) in [6.45, 7) is 1.74. The Balaban J connectivity index is 2.83. The summed E-state index contributed by atoms with van der Waals surface area (Å²) in [7, 11) is 0. The first-order valence-corrected chi connectivity index (χ1v) is 5.28. The van der Waals surface area contributed by atoms with E-state index in [0.29, 0.717) is 11.1 Å².